The van der Waals surface area contributed by atoms with Gasteiger partial charge in [0.15, 0.2) is 0 Å². The molecule has 20 heavy (non-hydrogen) atoms. The van der Waals surface area contributed by atoms with E-state index >= 15 is 0 Å². The van der Waals surface area contributed by atoms with Crippen molar-refractivity contribution in [2.45, 2.75) is 30.6 Å². The number of Topliss-reactive ketones (excluding diaryl/α,β-unsaturated/α-hetero) is 1. The summed E-state index contributed by atoms with van der Waals surface area (Å²) in [5, 5.41) is 13.8. The first-order valence-electron chi connectivity index (χ1n) is 7.30. The predicted octanol–water partition coefficient (Wildman–Crippen LogP) is 0.357. The molecule has 0 aromatic rings. The molecular weight excluding hydrogens is 258 g/mol. The first kappa shape index (κ1) is 12.6. The van der Waals surface area contributed by atoms with Crippen molar-refractivity contribution in [1.29, 1.82) is 0 Å². The maximum Gasteiger partial charge on any atom is 0.150 e. The quantitative estimate of drug-likeness (QED) is 0.669. The molecule has 5 unspecified atom stereocenters. The lowest BCUT2D eigenvalue weighted by Gasteiger charge is -2.48. The van der Waals surface area contributed by atoms with E-state index in [1.807, 2.05) is 12.2 Å². The summed E-state index contributed by atoms with van der Waals surface area (Å²) in [6.07, 6.45) is 7.70. The second-order valence-electron chi connectivity index (χ2n) is 6.23. The van der Waals surface area contributed by atoms with Crippen LogP contribution in [-0.4, -0.2) is 41.8 Å². The van der Waals surface area contributed by atoms with Crippen LogP contribution in [0.25, 0.3) is 0 Å². The van der Waals surface area contributed by atoms with E-state index in [2.05, 4.69) is 5.32 Å². The highest BCUT2D eigenvalue weighted by Gasteiger charge is 2.58. The molecular formula is C15H19NO4. The number of aliphatic hydroxyl groups is 1. The molecule has 5 nitrogen and oxygen atoms in total. The van der Waals surface area contributed by atoms with Crippen LogP contribution in [0.1, 0.15) is 12.8 Å². The number of rotatable bonds is 0. The second kappa shape index (κ2) is 4.41. The lowest BCUT2D eigenvalue weighted by atomic mass is 9.62. The van der Waals surface area contributed by atoms with Gasteiger partial charge >= 0.3 is 0 Å². The number of ketones is 1. The molecule has 0 aromatic carbocycles. The number of hydrogen-bond acceptors (Lipinski definition) is 5. The molecule has 2 N–H and O–H groups in total. The van der Waals surface area contributed by atoms with Gasteiger partial charge in [-0.1, -0.05) is 0 Å². The molecule has 2 saturated heterocycles. The molecule has 3 fully saturated rings. The molecule has 1 aliphatic carbocycles. The van der Waals surface area contributed by atoms with E-state index in [1.54, 1.807) is 12.5 Å². The highest BCUT2D eigenvalue weighted by Crippen LogP contribution is 2.49. The van der Waals surface area contributed by atoms with Crippen LogP contribution in [0.2, 0.25) is 0 Å². The summed E-state index contributed by atoms with van der Waals surface area (Å²) in [7, 11) is 0. The largest absolute Gasteiger partial charge is 0.473 e. The molecule has 4 aliphatic rings. The van der Waals surface area contributed by atoms with Gasteiger partial charge in [-0.2, -0.15) is 0 Å². The van der Waals surface area contributed by atoms with Gasteiger partial charge in [0.25, 0.3) is 0 Å². The van der Waals surface area contributed by atoms with Crippen LogP contribution in [0.3, 0.4) is 0 Å². The smallest absolute Gasteiger partial charge is 0.150 e. The highest BCUT2D eigenvalue weighted by atomic mass is 16.5. The number of aliphatic hydroxyl groups excluding tert-OH is 1. The number of hydrogen-bond donors (Lipinski definition) is 2. The second-order valence-corrected chi connectivity index (χ2v) is 6.23. The number of piperidine rings is 1. The molecule has 1 spiro atoms. The summed E-state index contributed by atoms with van der Waals surface area (Å²) in [5.41, 5.74) is -0.521. The number of carbonyl (C=O) groups is 1. The van der Waals surface area contributed by atoms with E-state index in [1.165, 1.54) is 0 Å². The zero-order chi connectivity index (χ0) is 13.7. The van der Waals surface area contributed by atoms with Crippen LogP contribution < -0.4 is 5.32 Å². The third-order valence-electron chi connectivity index (χ3n) is 5.27. The Morgan fingerprint density at radius 3 is 2.95 bits per heavy atom. The lowest BCUT2D eigenvalue weighted by Crippen LogP contribution is -2.62. The number of fused-ring (bicyclic) bond motifs is 4. The third-order valence-corrected chi connectivity index (χ3v) is 5.27. The Bertz CT molecular complexity index is 474. The molecule has 5 heteroatoms. The minimum Gasteiger partial charge on any atom is -0.473 e. The van der Waals surface area contributed by atoms with E-state index in [9.17, 15) is 9.90 Å². The lowest BCUT2D eigenvalue weighted by molar-refractivity contribution is -0.133. The first-order chi connectivity index (χ1) is 9.71. The zero-order valence-electron chi connectivity index (χ0n) is 11.2. The van der Waals surface area contributed by atoms with Crippen LogP contribution in [0.15, 0.2) is 24.7 Å². The van der Waals surface area contributed by atoms with Crippen LogP contribution in [0.4, 0.5) is 0 Å². The fraction of sp³-hybridized carbons (Fsp3) is 0.667. The number of nitrogens with one attached hydrogen (secondary N) is 1. The average Bonchev–Trinajstić information content (AvgIpc) is 2.82. The molecule has 0 aromatic heterocycles. The molecule has 108 valence electrons. The topological polar surface area (TPSA) is 67.8 Å². The summed E-state index contributed by atoms with van der Waals surface area (Å²) < 4.78 is 11.2. The van der Waals surface area contributed by atoms with Gasteiger partial charge in [-0.3, -0.25) is 4.79 Å². The van der Waals surface area contributed by atoms with Crippen LogP contribution in [0, 0.1) is 17.8 Å². The van der Waals surface area contributed by atoms with Crippen LogP contribution >= 0.6 is 0 Å². The van der Waals surface area contributed by atoms with E-state index in [-0.39, 0.29) is 23.7 Å². The molecule has 4 rings (SSSR count). The molecule has 0 amide bonds. The maximum atomic E-state index is 12.2. The molecule has 0 radical (unpaired) electrons. The van der Waals surface area contributed by atoms with Gasteiger partial charge in [-0.25, -0.2) is 0 Å². The van der Waals surface area contributed by atoms with Crippen molar-refractivity contribution in [3.8, 4) is 0 Å². The van der Waals surface area contributed by atoms with Crippen LogP contribution in [-0.2, 0) is 14.3 Å². The van der Waals surface area contributed by atoms with Gasteiger partial charge in [0.1, 0.15) is 11.4 Å². The Morgan fingerprint density at radius 2 is 2.15 bits per heavy atom. The zero-order valence-corrected chi connectivity index (χ0v) is 11.2. The highest BCUT2D eigenvalue weighted by molar-refractivity contribution is 5.85. The Labute approximate surface area is 117 Å². The molecule has 3 heterocycles. The average molecular weight is 277 g/mol. The standard InChI is InChI=1S/C15H19NO4/c17-10-1-2-11(18)14-12(10)13-9(7-16-14)8-20-15(13)3-5-19-6-4-15/h3-6,9-10,12-14,16-17H,1-2,7-8H2. The van der Waals surface area contributed by atoms with Gasteiger partial charge in [0, 0.05) is 30.7 Å². The monoisotopic (exact) mass is 277 g/mol. The Balaban J connectivity index is 1.74. The van der Waals surface area contributed by atoms with Crippen molar-refractivity contribution in [2.75, 3.05) is 13.2 Å². The first-order valence-corrected chi connectivity index (χ1v) is 7.30. The molecule has 1 saturated carbocycles. The SMILES string of the molecule is O=C1CCC(O)C2C1NCC1COC3(C=COC=C3)C12. The van der Waals surface area contributed by atoms with Gasteiger partial charge in [0.05, 0.1) is 31.3 Å². The number of carbonyl (C=O) groups excluding carboxylic acids is 1. The predicted molar refractivity (Wildman–Crippen MR) is 70.6 cm³/mol. The normalized spacial score (nSPS) is 45.0. The summed E-state index contributed by atoms with van der Waals surface area (Å²) >= 11 is 0. The molecule has 0 bridgehead atoms. The maximum absolute atomic E-state index is 12.2. The summed E-state index contributed by atoms with van der Waals surface area (Å²) in [6, 6.07) is -0.233. The molecule has 3 aliphatic heterocycles. The van der Waals surface area contributed by atoms with Crippen molar-refractivity contribution >= 4 is 5.78 Å². The van der Waals surface area contributed by atoms with Crippen molar-refractivity contribution < 1.29 is 19.4 Å². The Morgan fingerprint density at radius 1 is 1.35 bits per heavy atom. The number of ether oxygens (including phenoxy) is 2. The van der Waals surface area contributed by atoms with E-state index in [0.717, 1.165) is 6.54 Å². The summed E-state index contributed by atoms with van der Waals surface area (Å²) in [6.45, 7) is 1.42. The third kappa shape index (κ3) is 1.63. The van der Waals surface area contributed by atoms with E-state index in [4.69, 9.17) is 9.47 Å². The van der Waals surface area contributed by atoms with Crippen molar-refractivity contribution in [2.24, 2.45) is 17.8 Å². The fourth-order valence-corrected chi connectivity index (χ4v) is 4.38. The van der Waals surface area contributed by atoms with Gasteiger partial charge < -0.3 is 19.9 Å². The summed E-state index contributed by atoms with van der Waals surface area (Å²) in [4.78, 5) is 12.2. The van der Waals surface area contributed by atoms with E-state index in [0.29, 0.717) is 25.4 Å². The molecule has 5 atom stereocenters. The Hall–Kier alpha value is -1.17. The van der Waals surface area contributed by atoms with Gasteiger partial charge in [-0.05, 0) is 18.6 Å². The van der Waals surface area contributed by atoms with Crippen molar-refractivity contribution in [3.05, 3.63) is 24.7 Å². The minimum absolute atomic E-state index is 0.0788. The van der Waals surface area contributed by atoms with E-state index < -0.39 is 11.7 Å². The Kier molecular flexibility index (Phi) is 2.77. The van der Waals surface area contributed by atoms with Crippen LogP contribution in [0.5, 0.6) is 0 Å². The van der Waals surface area contributed by atoms with Crippen molar-refractivity contribution in [1.82, 2.24) is 5.32 Å². The van der Waals surface area contributed by atoms with Gasteiger partial charge in [-0.15, -0.1) is 0 Å². The summed E-state index contributed by atoms with van der Waals surface area (Å²) in [5.74, 6) is 0.597. The minimum atomic E-state index is -0.521. The fourth-order valence-electron chi connectivity index (χ4n) is 4.38. The van der Waals surface area contributed by atoms with Crippen molar-refractivity contribution in [3.63, 3.8) is 0 Å². The van der Waals surface area contributed by atoms with Gasteiger partial charge in [0.2, 0.25) is 0 Å².